The zero-order chi connectivity index (χ0) is 28.6. The molecule has 2 fully saturated rings. The molecule has 214 valence electrons. The Morgan fingerprint density at radius 1 is 1.02 bits per heavy atom. The van der Waals surface area contributed by atoms with Crippen LogP contribution in [0.4, 0.5) is 4.79 Å². The average Bonchev–Trinajstić information content (AvgIpc) is 3.07. The highest BCUT2D eigenvalue weighted by atomic mass is 79.9. The van der Waals surface area contributed by atoms with E-state index in [-0.39, 0.29) is 12.0 Å². The van der Waals surface area contributed by atoms with Gasteiger partial charge in [-0.15, -0.1) is 0 Å². The van der Waals surface area contributed by atoms with E-state index in [1.54, 1.807) is 4.90 Å². The number of benzene rings is 1. The molecule has 6 nitrogen and oxygen atoms in total. The Balaban J connectivity index is 1.27. The first kappa shape index (κ1) is 29.6. The molecule has 1 aromatic carbocycles. The zero-order valence-corrected chi connectivity index (χ0v) is 27.3. The first-order chi connectivity index (χ1) is 19.0. The molecule has 9 heteroatoms. The lowest BCUT2D eigenvalue weighted by atomic mass is 9.88. The topological polar surface area (TPSA) is 62.7 Å². The number of carbonyl (C=O) groups excluding carboxylic acids is 2. The van der Waals surface area contributed by atoms with Gasteiger partial charge in [-0.25, -0.2) is 4.79 Å². The minimum Gasteiger partial charge on any atom is -0.444 e. The lowest BCUT2D eigenvalue weighted by Gasteiger charge is -2.35. The van der Waals surface area contributed by atoms with Crippen LogP contribution in [0.1, 0.15) is 75.3 Å². The molecule has 3 aliphatic rings. The van der Waals surface area contributed by atoms with Gasteiger partial charge in [-0.1, -0.05) is 23.2 Å². The number of halogens is 3. The third-order valence-corrected chi connectivity index (χ3v) is 9.97. The van der Waals surface area contributed by atoms with Crippen LogP contribution in [0, 0.1) is 5.92 Å². The van der Waals surface area contributed by atoms with Gasteiger partial charge in [0.1, 0.15) is 5.60 Å². The van der Waals surface area contributed by atoms with Gasteiger partial charge in [0, 0.05) is 53.3 Å². The number of fused-ring (bicyclic) bond motifs is 2. The fourth-order valence-corrected chi connectivity index (χ4v) is 7.11. The van der Waals surface area contributed by atoms with Crippen LogP contribution in [0.25, 0.3) is 5.57 Å². The summed E-state index contributed by atoms with van der Waals surface area (Å²) in [5.41, 5.74) is 6.74. The number of nitrogens with zero attached hydrogens (tertiary/aromatic N) is 3. The molecular formula is C31H36Br2ClN3O3. The van der Waals surface area contributed by atoms with Crippen molar-refractivity contribution in [1.29, 1.82) is 0 Å². The summed E-state index contributed by atoms with van der Waals surface area (Å²) in [5.74, 6) is 0.523. The SMILES string of the molecule is CC(C)(C)OC(=O)N1CCC(CC(=O)N2CCC(=C3c4ccc(Cl)c(Br)c4CCc4cc(Br)cnc43)CC2)CC1. The predicted octanol–water partition coefficient (Wildman–Crippen LogP) is 7.82. The smallest absolute Gasteiger partial charge is 0.410 e. The van der Waals surface area contributed by atoms with Crippen LogP contribution in [0.3, 0.4) is 0 Å². The molecule has 0 bridgehead atoms. The van der Waals surface area contributed by atoms with Crippen molar-refractivity contribution in [1.82, 2.24) is 14.8 Å². The van der Waals surface area contributed by atoms with Gasteiger partial charge < -0.3 is 14.5 Å². The van der Waals surface area contributed by atoms with Crippen molar-refractivity contribution in [2.45, 2.75) is 71.3 Å². The number of aryl methyl sites for hydroxylation is 1. The second-order valence-electron chi connectivity index (χ2n) is 12.0. The fraction of sp³-hybridized carbons (Fsp3) is 0.516. The van der Waals surface area contributed by atoms with Crippen molar-refractivity contribution in [2.24, 2.45) is 5.92 Å². The summed E-state index contributed by atoms with van der Waals surface area (Å²) in [6.45, 7) is 8.36. The molecule has 0 unspecified atom stereocenters. The lowest BCUT2D eigenvalue weighted by Crippen LogP contribution is -2.43. The quantitative estimate of drug-likeness (QED) is 0.322. The van der Waals surface area contributed by atoms with Crippen LogP contribution in [-0.2, 0) is 22.4 Å². The Bertz CT molecular complexity index is 1340. The van der Waals surface area contributed by atoms with E-state index in [0.29, 0.717) is 38.5 Å². The Hall–Kier alpha value is -1.90. The molecular weight excluding hydrogens is 658 g/mol. The summed E-state index contributed by atoms with van der Waals surface area (Å²) in [6, 6.07) is 6.27. The number of ether oxygens (including phenoxy) is 1. The van der Waals surface area contributed by atoms with E-state index in [1.807, 2.05) is 37.9 Å². The molecule has 0 saturated carbocycles. The lowest BCUT2D eigenvalue weighted by molar-refractivity contribution is -0.133. The number of rotatable bonds is 2. The number of hydrogen-bond donors (Lipinski definition) is 0. The fourth-order valence-electron chi connectivity index (χ4n) is 6.01. The van der Waals surface area contributed by atoms with Crippen LogP contribution in [0.5, 0.6) is 0 Å². The van der Waals surface area contributed by atoms with Gasteiger partial charge in [0.05, 0.1) is 10.7 Å². The van der Waals surface area contributed by atoms with E-state index in [2.05, 4.69) is 44.0 Å². The van der Waals surface area contributed by atoms with Crippen molar-refractivity contribution < 1.29 is 14.3 Å². The Kier molecular flexibility index (Phi) is 8.98. The summed E-state index contributed by atoms with van der Waals surface area (Å²) in [5, 5.41) is 0.723. The minimum atomic E-state index is -0.496. The van der Waals surface area contributed by atoms with Gasteiger partial charge in [0.2, 0.25) is 5.91 Å². The first-order valence-corrected chi connectivity index (χ1v) is 16.1. The maximum Gasteiger partial charge on any atom is 0.410 e. The Morgan fingerprint density at radius 2 is 1.73 bits per heavy atom. The van der Waals surface area contributed by atoms with Gasteiger partial charge in [0.25, 0.3) is 0 Å². The summed E-state index contributed by atoms with van der Waals surface area (Å²) in [4.78, 5) is 34.4. The molecule has 1 aromatic heterocycles. The number of aromatic nitrogens is 1. The number of piperidine rings is 2. The molecule has 2 aromatic rings. The van der Waals surface area contributed by atoms with E-state index < -0.39 is 5.60 Å². The zero-order valence-electron chi connectivity index (χ0n) is 23.4. The van der Waals surface area contributed by atoms with Crippen molar-refractivity contribution in [2.75, 3.05) is 26.2 Å². The standard InChI is InChI=1S/C31H36Br2ClN3O3/c1-31(2,3)40-30(39)37-12-8-19(9-13-37)16-26(38)36-14-10-20(11-15-36)27-23-6-7-25(34)28(33)24(23)5-4-21-17-22(32)18-35-29(21)27/h6-7,17-19H,4-5,8-16H2,1-3H3. The Morgan fingerprint density at radius 3 is 2.40 bits per heavy atom. The summed E-state index contributed by atoms with van der Waals surface area (Å²) in [7, 11) is 0. The van der Waals surface area contributed by atoms with Gasteiger partial charge in [0.15, 0.2) is 0 Å². The van der Waals surface area contributed by atoms with Crippen LogP contribution in [0.2, 0.25) is 5.02 Å². The Labute approximate surface area is 258 Å². The molecule has 0 atom stereocenters. The highest BCUT2D eigenvalue weighted by molar-refractivity contribution is 9.10. The van der Waals surface area contributed by atoms with E-state index in [1.165, 1.54) is 27.8 Å². The number of amides is 2. The van der Waals surface area contributed by atoms with E-state index >= 15 is 0 Å². The van der Waals surface area contributed by atoms with Crippen molar-refractivity contribution in [3.05, 3.63) is 66.3 Å². The highest BCUT2D eigenvalue weighted by Crippen LogP contribution is 2.42. The van der Waals surface area contributed by atoms with E-state index in [4.69, 9.17) is 21.3 Å². The summed E-state index contributed by atoms with van der Waals surface area (Å²) >= 11 is 13.8. The average molecular weight is 694 g/mol. The van der Waals surface area contributed by atoms with Gasteiger partial charge in [-0.3, -0.25) is 9.78 Å². The van der Waals surface area contributed by atoms with Crippen molar-refractivity contribution in [3.8, 4) is 0 Å². The van der Waals surface area contributed by atoms with Crippen LogP contribution >= 0.6 is 43.5 Å². The summed E-state index contributed by atoms with van der Waals surface area (Å²) < 4.78 is 7.45. The third kappa shape index (κ3) is 6.60. The molecule has 2 saturated heterocycles. The monoisotopic (exact) mass is 691 g/mol. The summed E-state index contributed by atoms with van der Waals surface area (Å²) in [6.07, 6.45) is 7.26. The second kappa shape index (κ2) is 12.1. The van der Waals surface area contributed by atoms with Crippen molar-refractivity contribution in [3.63, 3.8) is 0 Å². The first-order valence-electron chi connectivity index (χ1n) is 14.1. The van der Waals surface area contributed by atoms with Gasteiger partial charge in [-0.05, 0) is 126 Å². The number of likely N-dealkylation sites (tertiary alicyclic amines) is 2. The molecule has 2 aliphatic heterocycles. The van der Waals surface area contributed by atoms with E-state index in [0.717, 1.165) is 58.2 Å². The molecule has 0 spiro atoms. The van der Waals surface area contributed by atoms with Crippen LogP contribution < -0.4 is 0 Å². The second-order valence-corrected chi connectivity index (χ2v) is 14.1. The number of pyridine rings is 1. The largest absolute Gasteiger partial charge is 0.444 e. The molecule has 40 heavy (non-hydrogen) atoms. The van der Waals surface area contributed by atoms with Gasteiger partial charge >= 0.3 is 6.09 Å². The van der Waals surface area contributed by atoms with Crippen LogP contribution in [-0.4, -0.2) is 58.6 Å². The molecule has 0 N–H and O–H groups in total. The maximum atomic E-state index is 13.3. The third-order valence-electron chi connectivity index (χ3n) is 8.08. The maximum absolute atomic E-state index is 13.3. The van der Waals surface area contributed by atoms with Crippen molar-refractivity contribution >= 4 is 61.0 Å². The minimum absolute atomic E-state index is 0.220. The normalized spacial score (nSPS) is 18.2. The van der Waals surface area contributed by atoms with E-state index in [9.17, 15) is 9.59 Å². The highest BCUT2D eigenvalue weighted by Gasteiger charge is 2.31. The van der Waals surface area contributed by atoms with Crippen LogP contribution in [0.15, 0.2) is 38.9 Å². The molecule has 5 rings (SSSR count). The molecule has 3 heterocycles. The number of carbonyl (C=O) groups is 2. The molecule has 2 amide bonds. The number of hydrogen-bond acceptors (Lipinski definition) is 4. The molecule has 0 radical (unpaired) electrons. The predicted molar refractivity (Wildman–Crippen MR) is 165 cm³/mol. The molecule has 1 aliphatic carbocycles. The van der Waals surface area contributed by atoms with Gasteiger partial charge in [-0.2, -0.15) is 0 Å².